The van der Waals surface area contributed by atoms with Gasteiger partial charge in [-0.2, -0.15) is 0 Å². The third-order valence-electron chi connectivity index (χ3n) is 3.98. The van der Waals surface area contributed by atoms with Crippen LogP contribution in [0.3, 0.4) is 0 Å². The summed E-state index contributed by atoms with van der Waals surface area (Å²) in [7, 11) is 0. The Morgan fingerprint density at radius 2 is 2.00 bits per heavy atom. The van der Waals surface area contributed by atoms with Gasteiger partial charge < -0.3 is 10.1 Å². The van der Waals surface area contributed by atoms with E-state index in [1.807, 2.05) is 26.8 Å². The highest BCUT2D eigenvalue weighted by atomic mass is 19.4. The molecule has 6 nitrogen and oxygen atoms in total. The Kier molecular flexibility index (Phi) is 9.14. The number of hydrogen-bond donors (Lipinski definition) is 1. The van der Waals surface area contributed by atoms with Crippen LogP contribution in [0.4, 0.5) is 29.1 Å². The highest BCUT2D eigenvalue weighted by Crippen LogP contribution is 2.24. The number of fused-ring (bicyclic) bond motifs is 1. The largest absolute Gasteiger partial charge is 0.572 e. The average molecular weight is 463 g/mol. The number of ether oxygens (including phenoxy) is 1. The molecule has 0 aliphatic carbocycles. The zero-order chi connectivity index (χ0) is 24.4. The monoisotopic (exact) mass is 463 g/mol. The topological polar surface area (TPSA) is 64.3 Å². The van der Waals surface area contributed by atoms with Crippen molar-refractivity contribution in [1.29, 1.82) is 0 Å². The molecule has 1 N–H and O–H groups in total. The minimum atomic E-state index is -4.75. The Hall–Kier alpha value is -3.69. The Morgan fingerprint density at radius 1 is 1.24 bits per heavy atom. The van der Waals surface area contributed by atoms with Gasteiger partial charge in [-0.25, -0.2) is 13.9 Å². The summed E-state index contributed by atoms with van der Waals surface area (Å²) in [4.78, 5) is 8.23. The third kappa shape index (κ3) is 7.44. The standard InChI is InChI=1S/C21H19F4N5O.C2H6/c1-3-6-15(8-4-7-14(2)31-21(23,24)25)19-28-20(18-9-5-12-30(18)29-19)27-17-10-11-26-13-16(17)22;1-2/h4-13H,3H2,1-2H3,(H,26,27,28,29);1-2H3/b8-4-,14-7+,15-6-;. The Labute approximate surface area is 189 Å². The summed E-state index contributed by atoms with van der Waals surface area (Å²) in [6.45, 7) is 7.11. The first-order valence-electron chi connectivity index (χ1n) is 10.3. The highest BCUT2D eigenvalue weighted by Gasteiger charge is 2.30. The molecule has 0 bridgehead atoms. The van der Waals surface area contributed by atoms with Crippen molar-refractivity contribution in [2.24, 2.45) is 0 Å². The number of nitrogens with one attached hydrogen (secondary N) is 1. The second kappa shape index (κ2) is 11.8. The lowest BCUT2D eigenvalue weighted by Gasteiger charge is -2.11. The molecular formula is C23H25F4N5O. The normalized spacial score (nSPS) is 12.6. The van der Waals surface area contributed by atoms with Gasteiger partial charge in [0, 0.05) is 18.0 Å². The van der Waals surface area contributed by atoms with E-state index < -0.39 is 12.2 Å². The van der Waals surface area contributed by atoms with Gasteiger partial charge in [-0.15, -0.1) is 18.3 Å². The minimum absolute atomic E-state index is 0.196. The van der Waals surface area contributed by atoms with Crippen LogP contribution in [0.25, 0.3) is 11.1 Å². The molecule has 0 spiro atoms. The van der Waals surface area contributed by atoms with Crippen LogP contribution in [0.1, 0.15) is 39.9 Å². The van der Waals surface area contributed by atoms with Crippen LogP contribution in [0.5, 0.6) is 0 Å². The molecule has 0 atom stereocenters. The molecule has 3 rings (SSSR count). The van der Waals surface area contributed by atoms with Crippen molar-refractivity contribution >= 4 is 22.6 Å². The first kappa shape index (κ1) is 25.6. The van der Waals surface area contributed by atoms with E-state index in [1.54, 1.807) is 28.9 Å². The number of nitrogens with zero attached hydrogens (tertiary/aromatic N) is 4. The summed E-state index contributed by atoms with van der Waals surface area (Å²) in [6.07, 6.45) is 6.15. The molecular weight excluding hydrogens is 438 g/mol. The maximum Gasteiger partial charge on any atom is 0.572 e. The molecule has 0 aliphatic rings. The molecule has 0 radical (unpaired) electrons. The first-order chi connectivity index (χ1) is 15.8. The maximum atomic E-state index is 14.0. The van der Waals surface area contributed by atoms with Crippen molar-refractivity contribution in [2.75, 3.05) is 5.32 Å². The van der Waals surface area contributed by atoms with Crippen LogP contribution in [-0.2, 0) is 4.74 Å². The third-order valence-corrected chi connectivity index (χ3v) is 3.98. The molecule has 0 fully saturated rings. The number of aromatic nitrogens is 4. The van der Waals surface area contributed by atoms with E-state index in [2.05, 4.69) is 25.1 Å². The van der Waals surface area contributed by atoms with E-state index in [4.69, 9.17) is 0 Å². The van der Waals surface area contributed by atoms with Crippen molar-refractivity contribution in [3.63, 3.8) is 0 Å². The van der Waals surface area contributed by atoms with Crippen LogP contribution in [0, 0.1) is 5.82 Å². The summed E-state index contributed by atoms with van der Waals surface area (Å²) in [6, 6.07) is 5.01. The number of rotatable bonds is 7. The smallest absolute Gasteiger partial charge is 0.411 e. The first-order valence-corrected chi connectivity index (χ1v) is 10.3. The van der Waals surface area contributed by atoms with E-state index in [9.17, 15) is 17.6 Å². The van der Waals surface area contributed by atoms with Gasteiger partial charge in [0.25, 0.3) is 0 Å². The van der Waals surface area contributed by atoms with Gasteiger partial charge in [0.2, 0.25) is 0 Å². The molecule has 0 aromatic carbocycles. The summed E-state index contributed by atoms with van der Waals surface area (Å²) < 4.78 is 56.3. The Morgan fingerprint density at radius 3 is 2.67 bits per heavy atom. The molecule has 0 amide bonds. The average Bonchev–Trinajstić information content (AvgIpc) is 3.24. The molecule has 0 saturated carbocycles. The maximum absolute atomic E-state index is 14.0. The van der Waals surface area contributed by atoms with Crippen LogP contribution in [0.2, 0.25) is 0 Å². The zero-order valence-electron chi connectivity index (χ0n) is 18.7. The number of halogens is 4. The fourth-order valence-corrected chi connectivity index (χ4v) is 2.71. The minimum Gasteiger partial charge on any atom is -0.411 e. The zero-order valence-corrected chi connectivity index (χ0v) is 18.7. The van der Waals surface area contributed by atoms with E-state index in [0.29, 0.717) is 29.2 Å². The second-order valence-corrected chi connectivity index (χ2v) is 6.35. The highest BCUT2D eigenvalue weighted by molar-refractivity contribution is 5.77. The van der Waals surface area contributed by atoms with Crippen molar-refractivity contribution in [3.8, 4) is 0 Å². The lowest BCUT2D eigenvalue weighted by atomic mass is 10.2. The molecule has 0 saturated heterocycles. The van der Waals surface area contributed by atoms with Crippen LogP contribution in [-0.4, -0.2) is 25.9 Å². The van der Waals surface area contributed by atoms with Crippen LogP contribution >= 0.6 is 0 Å². The number of allylic oxidation sites excluding steroid dienone is 6. The van der Waals surface area contributed by atoms with Crippen molar-refractivity contribution in [2.45, 2.75) is 40.5 Å². The van der Waals surface area contributed by atoms with Gasteiger partial charge >= 0.3 is 6.36 Å². The molecule has 33 heavy (non-hydrogen) atoms. The molecule has 3 aromatic rings. The van der Waals surface area contributed by atoms with Crippen LogP contribution in [0.15, 0.2) is 66.9 Å². The molecule has 3 heterocycles. The van der Waals surface area contributed by atoms with Crippen LogP contribution < -0.4 is 5.32 Å². The molecule has 10 heteroatoms. The van der Waals surface area contributed by atoms with Gasteiger partial charge in [0.15, 0.2) is 17.5 Å². The number of hydrogen-bond acceptors (Lipinski definition) is 5. The van der Waals surface area contributed by atoms with Gasteiger partial charge in [-0.05, 0) is 37.6 Å². The summed E-state index contributed by atoms with van der Waals surface area (Å²) in [5.41, 5.74) is 1.39. The van der Waals surface area contributed by atoms with Gasteiger partial charge in [0.05, 0.1) is 11.9 Å². The molecule has 176 valence electrons. The van der Waals surface area contributed by atoms with E-state index in [0.717, 1.165) is 6.20 Å². The lowest BCUT2D eigenvalue weighted by molar-refractivity contribution is -0.305. The molecule has 3 aromatic heterocycles. The predicted octanol–water partition coefficient (Wildman–Crippen LogP) is 6.82. The fourth-order valence-electron chi connectivity index (χ4n) is 2.71. The number of anilines is 2. The number of pyridine rings is 1. The van der Waals surface area contributed by atoms with Gasteiger partial charge in [0.1, 0.15) is 11.3 Å². The quantitative estimate of drug-likeness (QED) is 0.237. The predicted molar refractivity (Wildman–Crippen MR) is 120 cm³/mol. The van der Waals surface area contributed by atoms with E-state index >= 15 is 0 Å². The molecule has 0 aliphatic heterocycles. The Bertz CT molecular complexity index is 1150. The SMILES string of the molecule is CC.CC/C=C(/C=C\C=C(/C)OC(F)(F)F)c1nc(Nc2ccncc2F)c2cccn2n1. The summed E-state index contributed by atoms with van der Waals surface area (Å²) >= 11 is 0. The van der Waals surface area contributed by atoms with E-state index in [1.165, 1.54) is 31.3 Å². The fraction of sp³-hybridized carbons (Fsp3) is 0.261. The lowest BCUT2D eigenvalue weighted by Crippen LogP contribution is -2.11. The second-order valence-electron chi connectivity index (χ2n) is 6.35. The summed E-state index contributed by atoms with van der Waals surface area (Å²) in [5.74, 6) is -0.178. The van der Waals surface area contributed by atoms with Gasteiger partial charge in [-0.1, -0.05) is 39.0 Å². The summed E-state index contributed by atoms with van der Waals surface area (Å²) in [5, 5.41) is 7.39. The number of alkyl halides is 3. The molecule has 0 unspecified atom stereocenters. The van der Waals surface area contributed by atoms with Gasteiger partial charge in [-0.3, -0.25) is 4.98 Å². The van der Waals surface area contributed by atoms with Crippen molar-refractivity contribution in [1.82, 2.24) is 19.6 Å². The van der Waals surface area contributed by atoms with Crippen molar-refractivity contribution < 1.29 is 22.3 Å². The Balaban J connectivity index is 0.00000187. The van der Waals surface area contributed by atoms with Crippen molar-refractivity contribution in [3.05, 3.63) is 78.5 Å². The van der Waals surface area contributed by atoms with E-state index in [-0.39, 0.29) is 11.4 Å².